The van der Waals surface area contributed by atoms with Crippen molar-refractivity contribution in [3.05, 3.63) is 42.0 Å². The second kappa shape index (κ2) is 13.5. The van der Waals surface area contributed by atoms with Crippen LogP contribution in [-0.2, 0) is 34.9 Å². The van der Waals surface area contributed by atoms with Gasteiger partial charge in [-0.2, -0.15) is 0 Å². The number of benzene rings is 1. The Hall–Kier alpha value is -1.77. The van der Waals surface area contributed by atoms with E-state index in [4.69, 9.17) is 28.4 Å². The number of methoxy groups -OCH3 is 3. The maximum absolute atomic E-state index is 12.4. The summed E-state index contributed by atoms with van der Waals surface area (Å²) in [5, 5.41) is 0. The van der Waals surface area contributed by atoms with Crippen LogP contribution in [0.25, 0.3) is 0 Å². The second-order valence-electron chi connectivity index (χ2n) is 6.98. The monoisotopic (exact) mass is 408 g/mol. The van der Waals surface area contributed by atoms with Gasteiger partial charge in [0.05, 0.1) is 6.10 Å². The highest BCUT2D eigenvalue weighted by molar-refractivity contribution is 5.94. The first-order chi connectivity index (χ1) is 14.2. The first-order valence-corrected chi connectivity index (χ1v) is 9.80. The molecule has 0 aromatic heterocycles. The molecule has 0 amide bonds. The number of aryl methyl sites for hydroxylation is 1. The van der Waals surface area contributed by atoms with Gasteiger partial charge in [0.2, 0.25) is 0 Å². The highest BCUT2D eigenvalue weighted by Crippen LogP contribution is 2.26. The largest absolute Gasteiger partial charge is 0.468 e. The number of ketones is 1. The van der Waals surface area contributed by atoms with Crippen LogP contribution in [0.1, 0.15) is 24.8 Å². The molecule has 0 bridgehead atoms. The molecule has 0 heterocycles. The van der Waals surface area contributed by atoms with E-state index in [0.29, 0.717) is 12.3 Å². The van der Waals surface area contributed by atoms with Crippen LogP contribution in [0, 0.1) is 5.92 Å². The normalized spacial score (nSPS) is 23.4. The first-order valence-electron chi connectivity index (χ1n) is 9.80. The van der Waals surface area contributed by atoms with Crippen molar-refractivity contribution in [2.45, 2.75) is 37.9 Å². The molecule has 3 unspecified atom stereocenters. The van der Waals surface area contributed by atoms with Gasteiger partial charge in [-0.15, -0.1) is 0 Å². The molecule has 0 fully saturated rings. The number of carbonyl (C=O) groups is 1. The predicted molar refractivity (Wildman–Crippen MR) is 108 cm³/mol. The molecule has 7 nitrogen and oxygen atoms in total. The van der Waals surface area contributed by atoms with Gasteiger partial charge in [-0.3, -0.25) is 4.79 Å². The van der Waals surface area contributed by atoms with Gasteiger partial charge in [0, 0.05) is 21.3 Å². The van der Waals surface area contributed by atoms with Crippen molar-refractivity contribution >= 4 is 5.78 Å². The van der Waals surface area contributed by atoms with Crippen LogP contribution >= 0.6 is 0 Å². The summed E-state index contributed by atoms with van der Waals surface area (Å²) in [6.07, 6.45) is 5.81. The quantitative estimate of drug-likeness (QED) is 0.492. The maximum Gasteiger partial charge on any atom is 0.188 e. The molecule has 29 heavy (non-hydrogen) atoms. The Morgan fingerprint density at radius 2 is 1.76 bits per heavy atom. The molecule has 0 radical (unpaired) electrons. The molecule has 2 rings (SSSR count). The van der Waals surface area contributed by atoms with Gasteiger partial charge in [0.1, 0.15) is 25.4 Å². The molecule has 3 atom stereocenters. The summed E-state index contributed by atoms with van der Waals surface area (Å²) in [5.74, 6) is 1.03. The van der Waals surface area contributed by atoms with E-state index in [1.54, 1.807) is 20.3 Å². The van der Waals surface area contributed by atoms with E-state index < -0.39 is 6.10 Å². The number of rotatable bonds is 12. The fourth-order valence-electron chi connectivity index (χ4n) is 3.37. The lowest BCUT2D eigenvalue weighted by Gasteiger charge is -2.30. The average molecular weight is 408 g/mol. The maximum atomic E-state index is 12.4. The summed E-state index contributed by atoms with van der Waals surface area (Å²) >= 11 is 0. The Morgan fingerprint density at radius 1 is 1.00 bits per heavy atom. The van der Waals surface area contributed by atoms with Crippen molar-refractivity contribution in [2.75, 3.05) is 41.7 Å². The molecule has 0 saturated carbocycles. The topological polar surface area (TPSA) is 72.5 Å². The fourth-order valence-corrected chi connectivity index (χ4v) is 3.37. The lowest BCUT2D eigenvalue weighted by atomic mass is 9.86. The number of ether oxygens (including phenoxy) is 6. The SMILES string of the molecule is COCOc1cccc(CCC2C/C=C\C(=O)C(OCOC)C(OCOC)C2)c1. The smallest absolute Gasteiger partial charge is 0.188 e. The van der Waals surface area contributed by atoms with Gasteiger partial charge >= 0.3 is 0 Å². The summed E-state index contributed by atoms with van der Waals surface area (Å²) in [6.45, 7) is 0.377. The van der Waals surface area contributed by atoms with E-state index in [-0.39, 0.29) is 32.3 Å². The van der Waals surface area contributed by atoms with Gasteiger partial charge in [0.15, 0.2) is 12.6 Å². The van der Waals surface area contributed by atoms with Crippen LogP contribution < -0.4 is 4.74 Å². The van der Waals surface area contributed by atoms with Crippen molar-refractivity contribution in [3.63, 3.8) is 0 Å². The standard InChI is InChI=1S/C22H32O7/c1-24-14-27-19-8-4-6-17(12-19)10-11-18-7-5-9-20(23)22(29-16-26-3)21(13-18)28-15-25-2/h4-6,8-9,12,18,21-22H,7,10-11,13-16H2,1-3H3/b9-5-. The molecular weight excluding hydrogens is 376 g/mol. The van der Waals surface area contributed by atoms with Crippen molar-refractivity contribution in [1.29, 1.82) is 0 Å². The summed E-state index contributed by atoms with van der Waals surface area (Å²) in [5.41, 5.74) is 1.20. The van der Waals surface area contributed by atoms with Crippen LogP contribution in [0.15, 0.2) is 36.4 Å². The van der Waals surface area contributed by atoms with E-state index >= 15 is 0 Å². The Bertz CT molecular complexity index is 631. The summed E-state index contributed by atoms with van der Waals surface area (Å²) in [7, 11) is 4.69. The van der Waals surface area contributed by atoms with Crippen LogP contribution in [0.4, 0.5) is 0 Å². The van der Waals surface area contributed by atoms with Gasteiger partial charge in [-0.25, -0.2) is 0 Å². The third-order valence-electron chi connectivity index (χ3n) is 4.78. The van der Waals surface area contributed by atoms with Crippen molar-refractivity contribution in [2.24, 2.45) is 5.92 Å². The molecule has 1 aromatic carbocycles. The Morgan fingerprint density at radius 3 is 2.52 bits per heavy atom. The molecule has 1 aliphatic rings. The molecule has 0 saturated heterocycles. The van der Waals surface area contributed by atoms with Crippen LogP contribution in [0.3, 0.4) is 0 Å². The van der Waals surface area contributed by atoms with E-state index in [9.17, 15) is 4.79 Å². The first kappa shape index (κ1) is 23.5. The Kier molecular flexibility index (Phi) is 10.9. The molecule has 0 N–H and O–H groups in total. The second-order valence-corrected chi connectivity index (χ2v) is 6.98. The molecule has 0 spiro atoms. The predicted octanol–water partition coefficient (Wildman–Crippen LogP) is 3.12. The fraction of sp³-hybridized carbons (Fsp3) is 0.591. The molecule has 1 aliphatic carbocycles. The minimum atomic E-state index is -0.699. The number of carbonyl (C=O) groups excluding carboxylic acids is 1. The minimum Gasteiger partial charge on any atom is -0.468 e. The molecule has 1 aromatic rings. The van der Waals surface area contributed by atoms with Gasteiger partial charge in [-0.1, -0.05) is 18.2 Å². The number of hydrogen-bond acceptors (Lipinski definition) is 7. The summed E-state index contributed by atoms with van der Waals surface area (Å²) in [6, 6.07) is 8.02. The Balaban J connectivity index is 2.02. The van der Waals surface area contributed by atoms with Crippen LogP contribution in [-0.4, -0.2) is 59.7 Å². The van der Waals surface area contributed by atoms with Crippen molar-refractivity contribution in [3.8, 4) is 5.75 Å². The zero-order valence-corrected chi connectivity index (χ0v) is 17.5. The van der Waals surface area contributed by atoms with Gasteiger partial charge in [0.25, 0.3) is 0 Å². The van der Waals surface area contributed by atoms with Crippen molar-refractivity contribution < 1.29 is 33.2 Å². The summed E-state index contributed by atoms with van der Waals surface area (Å²) < 4.78 is 31.9. The highest BCUT2D eigenvalue weighted by atomic mass is 16.7. The van der Waals surface area contributed by atoms with E-state index in [0.717, 1.165) is 25.0 Å². The van der Waals surface area contributed by atoms with Gasteiger partial charge < -0.3 is 28.4 Å². The summed E-state index contributed by atoms with van der Waals surface area (Å²) in [4.78, 5) is 12.4. The third kappa shape index (κ3) is 8.24. The Labute approximate surface area is 172 Å². The van der Waals surface area contributed by atoms with Gasteiger partial charge in [-0.05, 0) is 55.4 Å². The lowest BCUT2D eigenvalue weighted by molar-refractivity contribution is -0.171. The molecule has 162 valence electrons. The number of allylic oxidation sites excluding steroid dienone is 1. The van der Waals surface area contributed by atoms with Crippen LogP contribution in [0.5, 0.6) is 5.75 Å². The lowest BCUT2D eigenvalue weighted by Crippen LogP contribution is -2.40. The molecule has 7 heteroatoms. The average Bonchev–Trinajstić information content (AvgIpc) is 2.73. The molecule has 0 aliphatic heterocycles. The number of hydrogen-bond donors (Lipinski definition) is 0. The van der Waals surface area contributed by atoms with E-state index in [1.165, 1.54) is 12.7 Å². The van der Waals surface area contributed by atoms with E-state index in [1.807, 2.05) is 24.3 Å². The van der Waals surface area contributed by atoms with Crippen molar-refractivity contribution in [1.82, 2.24) is 0 Å². The zero-order valence-electron chi connectivity index (χ0n) is 17.5. The van der Waals surface area contributed by atoms with E-state index in [2.05, 4.69) is 6.07 Å². The van der Waals surface area contributed by atoms with Crippen LogP contribution in [0.2, 0.25) is 0 Å². The highest BCUT2D eigenvalue weighted by Gasteiger charge is 2.32. The zero-order chi connectivity index (χ0) is 20.9. The molecular formula is C22H32O7. The minimum absolute atomic E-state index is 0.0377. The third-order valence-corrected chi connectivity index (χ3v) is 4.78.